The predicted octanol–water partition coefficient (Wildman–Crippen LogP) is 6.58. The summed E-state index contributed by atoms with van der Waals surface area (Å²) in [5, 5.41) is 24.3. The van der Waals surface area contributed by atoms with E-state index in [-0.39, 0.29) is 11.5 Å². The normalized spacial score (nSPS) is 9.29. The van der Waals surface area contributed by atoms with E-state index in [1.54, 1.807) is 0 Å². The van der Waals surface area contributed by atoms with Crippen molar-refractivity contribution in [3.8, 4) is 0 Å². The Hall–Kier alpha value is -2.51. The number of hydrogen-bond acceptors (Lipinski definition) is 2. The zero-order chi connectivity index (χ0) is 26.3. The van der Waals surface area contributed by atoms with Crippen LogP contribution in [0.2, 0.25) is 0 Å². The summed E-state index contributed by atoms with van der Waals surface area (Å²) in [6, 6.07) is 22.1. The Balaban J connectivity index is 0.000000466. The topological polar surface area (TPSA) is 46.1 Å². The summed E-state index contributed by atoms with van der Waals surface area (Å²) in [6.45, 7) is 17.5. The van der Waals surface area contributed by atoms with Gasteiger partial charge in [-0.2, -0.15) is 12.1 Å². The van der Waals surface area contributed by atoms with Gasteiger partial charge in [-0.15, -0.1) is 93.7 Å². The molecular formula is C31H38O2Zr-2. The van der Waals surface area contributed by atoms with E-state index in [0.717, 1.165) is 12.8 Å². The quantitative estimate of drug-likeness (QED) is 0.216. The standard InChI is InChI=1S/2C12H13.2C3H6O.CH2.Zr/c2*1-3-10-5-4-6-11-7-9(2)8-12(10)11;2*1-3(2)4;;/h2*4-8H,3H2,1-2H3;2*4H,1H2,2H3;1H2;/q2*-1;;;;+2/p-2. The molecule has 180 valence electrons. The zero-order valence-corrected chi connectivity index (χ0v) is 24.1. The number of rotatable bonds is 2. The molecule has 4 aromatic rings. The number of allylic oxidation sites excluding steroid dienone is 2. The van der Waals surface area contributed by atoms with E-state index in [2.05, 4.69) is 106 Å². The molecule has 0 aliphatic rings. The van der Waals surface area contributed by atoms with Crippen LogP contribution in [-0.2, 0) is 37.1 Å². The van der Waals surface area contributed by atoms with Crippen molar-refractivity contribution in [2.45, 2.75) is 54.4 Å². The molecule has 4 aromatic carbocycles. The second-order valence-corrected chi connectivity index (χ2v) is 8.02. The Bertz CT molecular complexity index is 1060. The van der Waals surface area contributed by atoms with Gasteiger partial charge in [-0.25, -0.2) is 0 Å². The molecule has 0 aromatic heterocycles. The van der Waals surface area contributed by atoms with Crippen molar-refractivity contribution in [3.05, 3.63) is 108 Å². The van der Waals surface area contributed by atoms with Gasteiger partial charge in [0.2, 0.25) is 0 Å². The average molecular weight is 534 g/mol. The Morgan fingerprint density at radius 2 is 1.03 bits per heavy atom. The second kappa shape index (κ2) is 17.0. The summed E-state index contributed by atoms with van der Waals surface area (Å²) >= 11 is 1.30. The molecule has 0 atom stereocenters. The zero-order valence-electron chi connectivity index (χ0n) is 21.6. The number of benzene rings is 2. The van der Waals surface area contributed by atoms with Crippen molar-refractivity contribution >= 4 is 25.8 Å². The Morgan fingerprint density at radius 3 is 1.29 bits per heavy atom. The predicted molar refractivity (Wildman–Crippen MR) is 144 cm³/mol. The van der Waals surface area contributed by atoms with Gasteiger partial charge in [0.15, 0.2) is 0 Å². The molecule has 0 spiro atoms. The van der Waals surface area contributed by atoms with E-state index in [0.29, 0.717) is 0 Å². The fourth-order valence-electron chi connectivity index (χ4n) is 3.52. The molecule has 0 saturated carbocycles. The number of aryl methyl sites for hydroxylation is 4. The fraction of sp³-hybridized carbons (Fsp3) is 0.258. The van der Waals surface area contributed by atoms with Gasteiger partial charge in [0, 0.05) is 0 Å². The van der Waals surface area contributed by atoms with Crippen LogP contribution in [0, 0.1) is 13.8 Å². The molecule has 0 aliphatic carbocycles. The van der Waals surface area contributed by atoms with Crippen LogP contribution in [0.1, 0.15) is 49.9 Å². The average Bonchev–Trinajstić information content (AvgIpc) is 3.35. The van der Waals surface area contributed by atoms with E-state index < -0.39 is 0 Å². The molecule has 4 rings (SSSR count). The van der Waals surface area contributed by atoms with E-state index in [4.69, 9.17) is 0 Å². The SMILES string of the molecule is C=C(C)[O-].C=C(C)[O-].CCc1cccc2[cH-]c(C)cc12.CCc1cccc2[cH-]c(C)cc12.[CH2]=[Zr+2]. The van der Waals surface area contributed by atoms with E-state index in [9.17, 15) is 10.2 Å². The molecule has 0 saturated heterocycles. The summed E-state index contributed by atoms with van der Waals surface area (Å²) in [6.07, 6.45) is 2.25. The molecule has 0 radical (unpaired) electrons. The van der Waals surface area contributed by atoms with Crippen molar-refractivity contribution in [1.29, 1.82) is 0 Å². The molecule has 2 nitrogen and oxygen atoms in total. The number of hydrogen-bond donors (Lipinski definition) is 0. The second-order valence-electron chi connectivity index (χ2n) is 8.02. The summed E-state index contributed by atoms with van der Waals surface area (Å²) < 4.78 is 3.34. The van der Waals surface area contributed by atoms with E-state index in [1.165, 1.54) is 81.9 Å². The van der Waals surface area contributed by atoms with Gasteiger partial charge in [0.25, 0.3) is 0 Å². The van der Waals surface area contributed by atoms with Crippen LogP contribution < -0.4 is 10.2 Å². The first-order valence-electron chi connectivity index (χ1n) is 11.4. The van der Waals surface area contributed by atoms with Crippen molar-refractivity contribution < 1.29 is 34.4 Å². The molecule has 0 fully saturated rings. The monoisotopic (exact) mass is 532 g/mol. The molecule has 0 amide bonds. The van der Waals surface area contributed by atoms with Gasteiger partial charge >= 0.3 is 28.4 Å². The summed E-state index contributed by atoms with van der Waals surface area (Å²) in [4.78, 5) is 0. The Kier molecular flexibility index (Phi) is 15.8. The van der Waals surface area contributed by atoms with Gasteiger partial charge < -0.3 is 10.2 Å². The minimum absolute atomic E-state index is 0.0833. The van der Waals surface area contributed by atoms with Gasteiger partial charge in [0.05, 0.1) is 0 Å². The fourth-order valence-corrected chi connectivity index (χ4v) is 3.52. The maximum atomic E-state index is 9.33. The van der Waals surface area contributed by atoms with Crippen molar-refractivity contribution in [3.63, 3.8) is 0 Å². The molecule has 0 heterocycles. The van der Waals surface area contributed by atoms with Crippen LogP contribution in [0.15, 0.2) is 85.3 Å². The number of fused-ring (bicyclic) bond motifs is 2. The van der Waals surface area contributed by atoms with Crippen molar-refractivity contribution in [2.75, 3.05) is 0 Å². The van der Waals surface area contributed by atoms with Gasteiger partial charge in [-0.05, 0) is 12.8 Å². The van der Waals surface area contributed by atoms with E-state index >= 15 is 0 Å². The summed E-state index contributed by atoms with van der Waals surface area (Å²) in [5.74, 6) is -0.167. The van der Waals surface area contributed by atoms with Crippen molar-refractivity contribution in [2.24, 2.45) is 0 Å². The maximum absolute atomic E-state index is 9.33. The van der Waals surface area contributed by atoms with Crippen LogP contribution in [-0.4, -0.2) is 4.21 Å². The molecule has 0 bridgehead atoms. The third-order valence-corrected chi connectivity index (χ3v) is 4.73. The van der Waals surface area contributed by atoms with E-state index in [1.807, 2.05) is 0 Å². The van der Waals surface area contributed by atoms with Crippen LogP contribution in [0.5, 0.6) is 0 Å². The van der Waals surface area contributed by atoms with Gasteiger partial charge in [0.1, 0.15) is 0 Å². The van der Waals surface area contributed by atoms with Gasteiger partial charge in [-0.3, -0.25) is 0 Å². The first kappa shape index (κ1) is 31.5. The molecular weight excluding hydrogens is 496 g/mol. The Labute approximate surface area is 221 Å². The third kappa shape index (κ3) is 11.6. The molecule has 3 heteroatoms. The summed E-state index contributed by atoms with van der Waals surface area (Å²) in [5.41, 5.74) is 5.65. The molecule has 0 unspecified atom stereocenters. The van der Waals surface area contributed by atoms with Gasteiger partial charge in [-0.1, -0.05) is 64.8 Å². The van der Waals surface area contributed by atoms with Crippen LogP contribution >= 0.6 is 0 Å². The van der Waals surface area contributed by atoms with Crippen molar-refractivity contribution in [1.82, 2.24) is 0 Å². The third-order valence-electron chi connectivity index (χ3n) is 4.73. The minimum atomic E-state index is -0.0833. The van der Waals surface area contributed by atoms with Crippen LogP contribution in [0.3, 0.4) is 0 Å². The summed E-state index contributed by atoms with van der Waals surface area (Å²) in [7, 11) is 0. The first-order chi connectivity index (χ1) is 16.1. The molecule has 0 N–H and O–H groups in total. The Morgan fingerprint density at radius 1 is 0.735 bits per heavy atom. The molecule has 0 aliphatic heterocycles. The van der Waals surface area contributed by atoms with Crippen LogP contribution in [0.25, 0.3) is 21.5 Å². The first-order valence-corrected chi connectivity index (χ1v) is 13.1. The van der Waals surface area contributed by atoms with Crippen LogP contribution in [0.4, 0.5) is 0 Å². The molecule has 34 heavy (non-hydrogen) atoms.